The number of aryl methyl sites for hydroxylation is 1. The largest absolute Gasteiger partial charge is 0.381 e. The third-order valence-corrected chi connectivity index (χ3v) is 6.75. The predicted molar refractivity (Wildman–Crippen MR) is 93.2 cm³/mol. The van der Waals surface area contributed by atoms with E-state index in [4.69, 9.17) is 10.5 Å². The number of rotatable bonds is 4. The van der Waals surface area contributed by atoms with E-state index in [0.717, 1.165) is 11.1 Å². The van der Waals surface area contributed by atoms with Crippen LogP contribution in [0.1, 0.15) is 18.4 Å². The van der Waals surface area contributed by atoms with E-state index in [1.54, 1.807) is 25.4 Å². The third kappa shape index (κ3) is 2.93. The van der Waals surface area contributed by atoms with Crippen LogP contribution in [0.4, 0.5) is 0 Å². The average molecular weight is 349 g/mol. The fourth-order valence-corrected chi connectivity index (χ4v) is 5.22. The molecule has 1 aromatic heterocycles. The summed E-state index contributed by atoms with van der Waals surface area (Å²) in [6.07, 6.45) is 3.03. The van der Waals surface area contributed by atoms with E-state index in [-0.39, 0.29) is 18.7 Å². The molecule has 2 unspecified atom stereocenters. The maximum absolute atomic E-state index is 13.3. The highest BCUT2D eigenvalue weighted by molar-refractivity contribution is 7.89. The number of pyridine rings is 1. The summed E-state index contributed by atoms with van der Waals surface area (Å²) in [6, 6.07) is 6.80. The Kier molecular flexibility index (Phi) is 4.87. The first-order valence-electron chi connectivity index (χ1n) is 8.08. The second-order valence-corrected chi connectivity index (χ2v) is 8.03. The molecule has 2 atom stereocenters. The number of aromatic nitrogens is 1. The number of hydrogen-bond donors (Lipinski definition) is 1. The Morgan fingerprint density at radius 2 is 2.17 bits per heavy atom. The Morgan fingerprint density at radius 3 is 2.88 bits per heavy atom. The molecule has 24 heavy (non-hydrogen) atoms. The molecule has 0 spiro atoms. The van der Waals surface area contributed by atoms with Crippen LogP contribution in [0.5, 0.6) is 0 Å². The Bertz CT molecular complexity index is 838. The quantitative estimate of drug-likeness (QED) is 0.907. The van der Waals surface area contributed by atoms with Crippen molar-refractivity contribution in [3.05, 3.63) is 36.0 Å². The molecule has 2 heterocycles. The Morgan fingerprint density at radius 1 is 1.38 bits per heavy atom. The molecule has 2 N–H and O–H groups in total. The minimum absolute atomic E-state index is 0.0569. The maximum atomic E-state index is 13.3. The maximum Gasteiger partial charge on any atom is 0.244 e. The zero-order valence-corrected chi connectivity index (χ0v) is 14.8. The van der Waals surface area contributed by atoms with E-state index in [9.17, 15) is 8.42 Å². The number of benzene rings is 1. The van der Waals surface area contributed by atoms with Crippen LogP contribution in [0, 0.1) is 6.92 Å². The summed E-state index contributed by atoms with van der Waals surface area (Å²) < 4.78 is 33.5. The van der Waals surface area contributed by atoms with Gasteiger partial charge in [0.05, 0.1) is 16.5 Å². The van der Waals surface area contributed by atoms with Crippen molar-refractivity contribution in [1.82, 2.24) is 9.29 Å². The van der Waals surface area contributed by atoms with Gasteiger partial charge >= 0.3 is 0 Å². The molecular weight excluding hydrogens is 326 g/mol. The van der Waals surface area contributed by atoms with Crippen molar-refractivity contribution in [1.29, 1.82) is 0 Å². The van der Waals surface area contributed by atoms with Crippen LogP contribution in [-0.2, 0) is 14.8 Å². The first-order valence-corrected chi connectivity index (χ1v) is 9.52. The van der Waals surface area contributed by atoms with Crippen LogP contribution in [0.25, 0.3) is 10.9 Å². The van der Waals surface area contributed by atoms with E-state index >= 15 is 0 Å². The fraction of sp³-hybridized carbons (Fsp3) is 0.471. The first-order chi connectivity index (χ1) is 11.5. The van der Waals surface area contributed by atoms with Crippen molar-refractivity contribution in [3.63, 3.8) is 0 Å². The van der Waals surface area contributed by atoms with Crippen molar-refractivity contribution in [3.8, 4) is 0 Å². The average Bonchev–Trinajstić information content (AvgIpc) is 2.61. The van der Waals surface area contributed by atoms with Gasteiger partial charge in [0.2, 0.25) is 10.0 Å². The van der Waals surface area contributed by atoms with E-state index in [2.05, 4.69) is 4.98 Å². The summed E-state index contributed by atoms with van der Waals surface area (Å²) in [5.41, 5.74) is 7.52. The summed E-state index contributed by atoms with van der Waals surface area (Å²) in [5, 5.41) is 0.655. The van der Waals surface area contributed by atoms with Crippen LogP contribution in [0.2, 0.25) is 0 Å². The number of nitrogens with zero attached hydrogens (tertiary/aromatic N) is 2. The molecule has 1 fully saturated rings. The molecule has 130 valence electrons. The molecule has 1 aliphatic rings. The van der Waals surface area contributed by atoms with Gasteiger partial charge in [-0.15, -0.1) is 0 Å². The lowest BCUT2D eigenvalue weighted by molar-refractivity contribution is 0.0402. The topological polar surface area (TPSA) is 85.5 Å². The minimum atomic E-state index is -3.64. The summed E-state index contributed by atoms with van der Waals surface area (Å²) in [4.78, 5) is 4.63. The van der Waals surface area contributed by atoms with Crippen LogP contribution >= 0.6 is 0 Å². The highest BCUT2D eigenvalue weighted by Crippen LogP contribution is 2.31. The van der Waals surface area contributed by atoms with Crippen molar-refractivity contribution >= 4 is 20.9 Å². The van der Waals surface area contributed by atoms with Crippen LogP contribution in [0.3, 0.4) is 0 Å². The molecule has 2 aromatic rings. The second kappa shape index (κ2) is 6.76. The highest BCUT2D eigenvalue weighted by Gasteiger charge is 2.37. The number of piperidine rings is 1. The van der Waals surface area contributed by atoms with Gasteiger partial charge < -0.3 is 10.5 Å². The molecule has 0 saturated carbocycles. The number of methoxy groups -OCH3 is 1. The van der Waals surface area contributed by atoms with Gasteiger partial charge in [-0.1, -0.05) is 6.07 Å². The summed E-state index contributed by atoms with van der Waals surface area (Å²) in [7, 11) is -1.99. The molecule has 0 bridgehead atoms. The van der Waals surface area contributed by atoms with Crippen LogP contribution in [0.15, 0.2) is 35.4 Å². The van der Waals surface area contributed by atoms with Gasteiger partial charge in [0, 0.05) is 37.8 Å². The Hall–Kier alpha value is -1.54. The van der Waals surface area contributed by atoms with Gasteiger partial charge in [-0.2, -0.15) is 4.31 Å². The monoisotopic (exact) mass is 349 g/mol. The van der Waals surface area contributed by atoms with E-state index in [1.807, 2.05) is 19.1 Å². The van der Waals surface area contributed by atoms with Crippen molar-refractivity contribution < 1.29 is 13.2 Å². The second-order valence-electron chi connectivity index (χ2n) is 6.17. The normalized spacial score (nSPS) is 22.8. The van der Waals surface area contributed by atoms with E-state index in [0.29, 0.717) is 29.7 Å². The van der Waals surface area contributed by atoms with Gasteiger partial charge in [0.1, 0.15) is 0 Å². The van der Waals surface area contributed by atoms with Gasteiger partial charge in [0.15, 0.2) is 0 Å². The van der Waals surface area contributed by atoms with E-state index in [1.165, 1.54) is 4.31 Å². The predicted octanol–water partition coefficient (Wildman–Crippen LogP) is 1.67. The molecule has 1 aliphatic heterocycles. The molecule has 0 radical (unpaired) electrons. The highest BCUT2D eigenvalue weighted by atomic mass is 32.2. The summed E-state index contributed by atoms with van der Waals surface area (Å²) in [6.45, 7) is 2.62. The number of fused-ring (bicyclic) bond motifs is 1. The standard InChI is InChI=1S/C17H23N3O3S/c1-12-5-6-16(15-4-3-8-19-17(12)15)24(21,22)20-9-7-14(23-2)10-13(20)11-18/h3-6,8,13-14H,7,9-11,18H2,1-2H3. The third-order valence-electron chi connectivity index (χ3n) is 4.74. The van der Waals surface area contributed by atoms with Gasteiger partial charge in [-0.05, 0) is 43.5 Å². The molecular formula is C17H23N3O3S. The van der Waals surface area contributed by atoms with Gasteiger partial charge in [0.25, 0.3) is 0 Å². The zero-order chi connectivity index (χ0) is 17.3. The molecule has 3 rings (SSSR count). The number of hydrogen-bond acceptors (Lipinski definition) is 5. The molecule has 1 saturated heterocycles. The minimum Gasteiger partial charge on any atom is -0.381 e. The van der Waals surface area contributed by atoms with Crippen LogP contribution < -0.4 is 5.73 Å². The van der Waals surface area contributed by atoms with Crippen molar-refractivity contribution in [2.75, 3.05) is 20.2 Å². The summed E-state index contributed by atoms with van der Waals surface area (Å²) >= 11 is 0. The molecule has 0 aliphatic carbocycles. The van der Waals surface area contributed by atoms with Gasteiger partial charge in [-0.25, -0.2) is 8.42 Å². The SMILES string of the molecule is COC1CCN(S(=O)(=O)c2ccc(C)c3ncccc23)C(CN)C1. The number of ether oxygens (including phenoxy) is 1. The molecule has 1 aromatic carbocycles. The van der Waals surface area contributed by atoms with Crippen LogP contribution in [-0.4, -0.2) is 50.1 Å². The zero-order valence-electron chi connectivity index (χ0n) is 14.0. The lowest BCUT2D eigenvalue weighted by Crippen LogP contribution is -2.51. The van der Waals surface area contributed by atoms with Crippen molar-refractivity contribution in [2.45, 2.75) is 36.8 Å². The molecule has 6 nitrogen and oxygen atoms in total. The lowest BCUT2D eigenvalue weighted by Gasteiger charge is -2.37. The molecule has 0 amide bonds. The van der Waals surface area contributed by atoms with E-state index < -0.39 is 10.0 Å². The molecule has 7 heteroatoms. The smallest absolute Gasteiger partial charge is 0.244 e. The lowest BCUT2D eigenvalue weighted by atomic mass is 10.0. The number of nitrogens with two attached hydrogens (primary N) is 1. The fourth-order valence-electron chi connectivity index (χ4n) is 3.38. The van der Waals surface area contributed by atoms with Crippen molar-refractivity contribution in [2.24, 2.45) is 5.73 Å². The number of sulfonamides is 1. The first kappa shape index (κ1) is 17.3. The Labute approximate surface area is 142 Å². The van der Waals surface area contributed by atoms with Gasteiger partial charge in [-0.3, -0.25) is 4.98 Å². The summed E-state index contributed by atoms with van der Waals surface area (Å²) in [5.74, 6) is 0. The Balaban J connectivity index is 2.07.